The number of hydrogen-bond donors (Lipinski definition) is 3. The molecule has 2 aromatic rings. The van der Waals surface area contributed by atoms with Gasteiger partial charge in [-0.2, -0.15) is 4.31 Å². The second-order valence-electron chi connectivity index (χ2n) is 9.18. The fourth-order valence-corrected chi connectivity index (χ4v) is 8.53. The molecule has 0 saturated carbocycles. The first kappa shape index (κ1) is 30.7. The van der Waals surface area contributed by atoms with Crippen LogP contribution in [0.5, 0.6) is 0 Å². The fourth-order valence-electron chi connectivity index (χ4n) is 4.03. The largest absolute Gasteiger partial charge is 0.352 e. The van der Waals surface area contributed by atoms with Crippen molar-refractivity contribution in [3.63, 3.8) is 0 Å². The monoisotopic (exact) mass is 600 g/mol. The summed E-state index contributed by atoms with van der Waals surface area (Å²) in [7, 11) is -11.6. The first-order valence-electron chi connectivity index (χ1n) is 12.1. The van der Waals surface area contributed by atoms with Crippen LogP contribution in [0.2, 0.25) is 0 Å². The summed E-state index contributed by atoms with van der Waals surface area (Å²) >= 11 is 0. The average Bonchev–Trinajstić information content (AvgIpc) is 3.23. The number of rotatable bonds is 12. The summed E-state index contributed by atoms with van der Waals surface area (Å²) in [4.78, 5) is 22.1. The molecule has 3 N–H and O–H groups in total. The molecule has 0 radical (unpaired) electrons. The Bertz CT molecular complexity index is 1510. The highest BCUT2D eigenvalue weighted by molar-refractivity contribution is 7.92. The van der Waals surface area contributed by atoms with Gasteiger partial charge < -0.3 is 10.6 Å². The maximum Gasteiger partial charge on any atom is 0.243 e. The molecule has 214 valence electrons. The zero-order valence-corrected chi connectivity index (χ0v) is 24.0. The van der Waals surface area contributed by atoms with E-state index in [-0.39, 0.29) is 65.7 Å². The van der Waals surface area contributed by atoms with Crippen LogP contribution in [0.3, 0.4) is 0 Å². The van der Waals surface area contributed by atoms with E-state index in [9.17, 15) is 34.8 Å². The molecule has 3 rings (SSSR count). The van der Waals surface area contributed by atoms with E-state index < -0.39 is 35.9 Å². The Morgan fingerprint density at radius 3 is 1.77 bits per heavy atom. The maximum absolute atomic E-state index is 13.5. The van der Waals surface area contributed by atoms with Crippen molar-refractivity contribution in [3.8, 4) is 0 Å². The van der Waals surface area contributed by atoms with Crippen molar-refractivity contribution in [2.45, 2.75) is 49.2 Å². The highest BCUT2D eigenvalue weighted by Crippen LogP contribution is 2.25. The number of carbonyl (C=O) groups excluding carboxylic acids is 2. The summed E-state index contributed by atoms with van der Waals surface area (Å²) in [6.45, 7) is 2.63. The van der Waals surface area contributed by atoms with Crippen LogP contribution in [-0.2, 0) is 52.6 Å². The number of benzene rings is 2. The van der Waals surface area contributed by atoms with Crippen LogP contribution in [0.1, 0.15) is 31.4 Å². The lowest BCUT2D eigenvalue weighted by Gasteiger charge is -2.27. The predicted octanol–water partition coefficient (Wildman–Crippen LogP) is 0.115. The summed E-state index contributed by atoms with van der Waals surface area (Å²) in [5, 5.41) is 5.23. The van der Waals surface area contributed by atoms with Crippen molar-refractivity contribution in [1.82, 2.24) is 19.7 Å². The third-order valence-corrected chi connectivity index (χ3v) is 11.3. The number of amides is 2. The summed E-state index contributed by atoms with van der Waals surface area (Å²) in [5.41, 5.74) is 1.38. The van der Waals surface area contributed by atoms with Gasteiger partial charge in [-0.25, -0.2) is 30.0 Å². The number of sulfone groups is 1. The first-order chi connectivity index (χ1) is 18.2. The van der Waals surface area contributed by atoms with Gasteiger partial charge in [-0.1, -0.05) is 24.3 Å². The number of hydrogen-bond acceptors (Lipinski definition) is 8. The summed E-state index contributed by atoms with van der Waals surface area (Å²) in [6, 6.07) is 10.9. The smallest absolute Gasteiger partial charge is 0.243 e. The zero-order chi connectivity index (χ0) is 28.8. The van der Waals surface area contributed by atoms with Crippen molar-refractivity contribution in [1.29, 1.82) is 0 Å². The van der Waals surface area contributed by atoms with E-state index in [4.69, 9.17) is 0 Å². The molecule has 1 aliphatic heterocycles. The first-order valence-corrected chi connectivity index (χ1v) is 16.8. The van der Waals surface area contributed by atoms with Gasteiger partial charge in [0.1, 0.15) is 0 Å². The molecule has 0 aliphatic carbocycles. The lowest BCUT2D eigenvalue weighted by Crippen LogP contribution is -2.45. The van der Waals surface area contributed by atoms with Crippen molar-refractivity contribution in [3.05, 3.63) is 59.7 Å². The summed E-state index contributed by atoms with van der Waals surface area (Å²) < 4.78 is 80.3. The van der Waals surface area contributed by atoms with Crippen LogP contribution in [0.25, 0.3) is 0 Å². The van der Waals surface area contributed by atoms with Gasteiger partial charge in [0.2, 0.25) is 31.9 Å². The summed E-state index contributed by atoms with van der Waals surface area (Å²) in [5.74, 6) is -0.960. The molecular weight excluding hydrogens is 568 g/mol. The minimum Gasteiger partial charge on any atom is -0.352 e. The van der Waals surface area contributed by atoms with Crippen LogP contribution in [-0.4, -0.2) is 72.0 Å². The number of sulfonamides is 2. The molecule has 1 saturated heterocycles. The quantitative estimate of drug-likeness (QED) is 0.308. The van der Waals surface area contributed by atoms with Gasteiger partial charge in [0.25, 0.3) is 0 Å². The normalized spacial score (nSPS) is 17.2. The Balaban J connectivity index is 1.75. The van der Waals surface area contributed by atoms with Crippen LogP contribution in [0, 0.1) is 0 Å². The highest BCUT2D eigenvalue weighted by atomic mass is 32.2. The number of nitrogens with one attached hydrogen (secondary N) is 3. The van der Waals surface area contributed by atoms with Gasteiger partial charge in [0.15, 0.2) is 9.84 Å². The molecular formula is C24H32N4O8S3. The highest BCUT2D eigenvalue weighted by Gasteiger charge is 2.38. The minimum atomic E-state index is -4.17. The fraction of sp³-hybridized carbons (Fsp3) is 0.417. The van der Waals surface area contributed by atoms with Gasteiger partial charge in [-0.05, 0) is 41.8 Å². The maximum atomic E-state index is 13.5. The third-order valence-electron chi connectivity index (χ3n) is 6.09. The van der Waals surface area contributed by atoms with Gasteiger partial charge in [0, 0.05) is 46.1 Å². The molecule has 0 bridgehead atoms. The Kier molecular flexibility index (Phi) is 9.88. The van der Waals surface area contributed by atoms with Crippen LogP contribution >= 0.6 is 0 Å². The summed E-state index contributed by atoms with van der Waals surface area (Å²) in [6.07, 6.45) is 0.102. The molecule has 1 aliphatic rings. The van der Waals surface area contributed by atoms with Crippen molar-refractivity contribution < 1.29 is 34.8 Å². The van der Waals surface area contributed by atoms with Gasteiger partial charge in [0.05, 0.1) is 21.3 Å². The lowest BCUT2D eigenvalue weighted by atomic mass is 10.2. The van der Waals surface area contributed by atoms with Crippen molar-refractivity contribution in [2.75, 3.05) is 24.6 Å². The second-order valence-corrected chi connectivity index (χ2v) is 15.1. The second kappa shape index (κ2) is 12.6. The number of nitrogens with zero attached hydrogens (tertiary/aromatic N) is 1. The molecule has 1 heterocycles. The van der Waals surface area contributed by atoms with E-state index in [2.05, 4.69) is 15.4 Å². The van der Waals surface area contributed by atoms with Crippen molar-refractivity contribution >= 4 is 41.7 Å². The molecule has 2 amide bonds. The number of carbonyl (C=O) groups is 2. The zero-order valence-electron chi connectivity index (χ0n) is 21.6. The van der Waals surface area contributed by atoms with Gasteiger partial charge >= 0.3 is 0 Å². The molecule has 0 aromatic heterocycles. The SMILES string of the molecule is CC(=O)NCc1ccc(S(=O)(=O)NCCN([C@H]2CCS(=O)(=O)C2)S(=O)(=O)c2ccc(CNC(C)=O)cc2)cc1. The molecule has 1 atom stereocenters. The van der Waals surface area contributed by atoms with Crippen LogP contribution in [0.15, 0.2) is 58.3 Å². The molecule has 15 heteroatoms. The van der Waals surface area contributed by atoms with Gasteiger partial charge in [-0.3, -0.25) is 9.59 Å². The van der Waals surface area contributed by atoms with E-state index in [1.54, 1.807) is 24.3 Å². The predicted molar refractivity (Wildman–Crippen MR) is 144 cm³/mol. The van der Waals surface area contributed by atoms with E-state index in [1.807, 2.05) is 0 Å². The van der Waals surface area contributed by atoms with E-state index in [0.29, 0.717) is 11.1 Å². The molecule has 1 fully saturated rings. The molecule has 12 nitrogen and oxygen atoms in total. The average molecular weight is 601 g/mol. The molecule has 2 aromatic carbocycles. The van der Waals surface area contributed by atoms with E-state index in [1.165, 1.54) is 38.1 Å². The molecule has 39 heavy (non-hydrogen) atoms. The molecule has 0 unspecified atom stereocenters. The van der Waals surface area contributed by atoms with E-state index >= 15 is 0 Å². The standard InChI is InChI=1S/C24H32N4O8S3/c1-18(29)25-15-20-3-7-23(8-4-20)38(33,34)27-12-13-28(22-11-14-37(31,32)17-22)39(35,36)24-9-5-21(6-10-24)16-26-19(2)30/h3-10,22,27H,11-17H2,1-2H3,(H,25,29)(H,26,30)/t22-/m0/s1. The minimum absolute atomic E-state index is 0.0401. The van der Waals surface area contributed by atoms with Crippen molar-refractivity contribution in [2.24, 2.45) is 0 Å². The van der Waals surface area contributed by atoms with Crippen LogP contribution < -0.4 is 15.4 Å². The molecule has 0 spiro atoms. The Labute approximate surface area is 229 Å². The van der Waals surface area contributed by atoms with Crippen LogP contribution in [0.4, 0.5) is 0 Å². The Morgan fingerprint density at radius 2 is 1.33 bits per heavy atom. The van der Waals surface area contributed by atoms with E-state index in [0.717, 1.165) is 4.31 Å². The third kappa shape index (κ3) is 8.57. The Hall–Kier alpha value is -2.85. The lowest BCUT2D eigenvalue weighted by molar-refractivity contribution is -0.120. The van der Waals surface area contributed by atoms with Gasteiger partial charge in [-0.15, -0.1) is 0 Å². The Morgan fingerprint density at radius 1 is 0.846 bits per heavy atom. The topological polar surface area (TPSA) is 176 Å².